The SMILES string of the molecule is CN(C)CCNC(=O)c1ccc2[nH]c3c(NCCN(C)C)c4ccccc4[n+](C)c3c2c1.[I-]. The van der Waals surface area contributed by atoms with Gasteiger partial charge in [-0.15, -0.1) is 0 Å². The van der Waals surface area contributed by atoms with E-state index in [9.17, 15) is 4.79 Å². The van der Waals surface area contributed by atoms with Crippen molar-refractivity contribution in [3.63, 3.8) is 0 Å². The van der Waals surface area contributed by atoms with Crippen LogP contribution in [0.25, 0.3) is 32.8 Å². The first-order chi connectivity index (χ1) is 15.4. The number of H-pyrrole nitrogens is 1. The second-order valence-corrected chi connectivity index (χ2v) is 8.85. The van der Waals surface area contributed by atoms with Crippen molar-refractivity contribution in [3.05, 3.63) is 48.0 Å². The average molecular weight is 560 g/mol. The standard InChI is InChI=1S/C25H32N6O.HI/c1-29(2)14-12-26-22-18-8-6-7-9-21(18)31(5)24-19-16-17(10-11-20(19)28-23(22)24)25(32)27-13-15-30(3)4;/h6-11,16H,12-15H2,1-5H3,(H2,26,27,28,32);1H. The Balaban J connectivity index is 0.00000306. The number of halogens is 1. The number of hydrogen-bond donors (Lipinski definition) is 3. The number of rotatable bonds is 8. The molecule has 8 heteroatoms. The lowest BCUT2D eigenvalue weighted by Crippen LogP contribution is -3.00. The van der Waals surface area contributed by atoms with E-state index in [4.69, 9.17) is 0 Å². The third-order valence-electron chi connectivity index (χ3n) is 5.86. The summed E-state index contributed by atoms with van der Waals surface area (Å²) < 4.78 is 2.22. The topological polar surface area (TPSA) is 67.3 Å². The van der Waals surface area contributed by atoms with E-state index in [1.807, 2.05) is 32.3 Å². The number of hydrogen-bond acceptors (Lipinski definition) is 4. The fourth-order valence-electron chi connectivity index (χ4n) is 4.16. The monoisotopic (exact) mass is 560 g/mol. The molecule has 3 N–H and O–H groups in total. The van der Waals surface area contributed by atoms with Crippen molar-refractivity contribution in [2.24, 2.45) is 7.05 Å². The zero-order valence-electron chi connectivity index (χ0n) is 20.0. The lowest BCUT2D eigenvalue weighted by Gasteiger charge is -2.13. The average Bonchev–Trinajstić information content (AvgIpc) is 3.14. The van der Waals surface area contributed by atoms with Gasteiger partial charge >= 0.3 is 0 Å². The number of para-hydroxylation sites is 1. The van der Waals surface area contributed by atoms with Crippen molar-refractivity contribution in [3.8, 4) is 0 Å². The molecule has 2 heterocycles. The van der Waals surface area contributed by atoms with Crippen molar-refractivity contribution in [2.45, 2.75) is 0 Å². The Kier molecular flexibility index (Phi) is 8.14. The molecular formula is C25H33IN6O. The van der Waals surface area contributed by atoms with Crippen LogP contribution in [0.1, 0.15) is 10.4 Å². The smallest absolute Gasteiger partial charge is 0.251 e. The lowest BCUT2D eigenvalue weighted by molar-refractivity contribution is -0.616. The van der Waals surface area contributed by atoms with Gasteiger partial charge in [0.2, 0.25) is 11.0 Å². The van der Waals surface area contributed by atoms with Gasteiger partial charge in [-0.25, -0.2) is 0 Å². The zero-order valence-corrected chi connectivity index (χ0v) is 22.2. The minimum atomic E-state index is -0.0455. The molecule has 0 aliphatic carbocycles. The number of amides is 1. The van der Waals surface area contributed by atoms with Gasteiger partial charge in [-0.05, 0) is 52.5 Å². The van der Waals surface area contributed by atoms with E-state index < -0.39 is 0 Å². The van der Waals surface area contributed by atoms with Crippen molar-refractivity contribution < 1.29 is 33.3 Å². The molecule has 33 heavy (non-hydrogen) atoms. The summed E-state index contributed by atoms with van der Waals surface area (Å²) in [6.45, 7) is 3.21. The number of aromatic nitrogens is 2. The van der Waals surface area contributed by atoms with E-state index in [0.717, 1.165) is 52.8 Å². The van der Waals surface area contributed by atoms with Crippen LogP contribution in [-0.2, 0) is 7.05 Å². The van der Waals surface area contributed by atoms with Crippen LogP contribution < -0.4 is 39.2 Å². The van der Waals surface area contributed by atoms with Crippen LogP contribution in [-0.4, -0.2) is 75.1 Å². The Morgan fingerprint density at radius 1 is 0.970 bits per heavy atom. The van der Waals surface area contributed by atoms with E-state index >= 15 is 0 Å². The predicted octanol–water partition coefficient (Wildman–Crippen LogP) is -0.432. The first kappa shape index (κ1) is 25.2. The first-order valence-electron chi connectivity index (χ1n) is 11.0. The maximum atomic E-state index is 12.7. The van der Waals surface area contributed by atoms with Crippen molar-refractivity contribution in [2.75, 3.05) is 59.7 Å². The summed E-state index contributed by atoms with van der Waals surface area (Å²) in [6.07, 6.45) is 0. The summed E-state index contributed by atoms with van der Waals surface area (Å²) in [7, 11) is 10.2. The number of carbonyl (C=O) groups excluding carboxylic acids is 1. The quantitative estimate of drug-likeness (QED) is 0.202. The van der Waals surface area contributed by atoms with Gasteiger partial charge in [-0.2, -0.15) is 4.57 Å². The highest BCUT2D eigenvalue weighted by Gasteiger charge is 2.23. The summed E-state index contributed by atoms with van der Waals surface area (Å²) in [5, 5.41) is 8.89. The van der Waals surface area contributed by atoms with Gasteiger partial charge in [0.05, 0.1) is 22.0 Å². The molecule has 7 nitrogen and oxygen atoms in total. The Labute approximate surface area is 212 Å². The van der Waals surface area contributed by atoms with Crippen LogP contribution in [0.4, 0.5) is 5.69 Å². The fraction of sp³-hybridized carbons (Fsp3) is 0.360. The second kappa shape index (κ2) is 10.7. The summed E-state index contributed by atoms with van der Waals surface area (Å²) in [5.41, 5.74) is 6.09. The van der Waals surface area contributed by atoms with Gasteiger partial charge in [0, 0.05) is 37.8 Å². The van der Waals surface area contributed by atoms with Gasteiger partial charge in [0.1, 0.15) is 12.6 Å². The first-order valence-corrected chi connectivity index (χ1v) is 11.0. The minimum absolute atomic E-state index is 0. The second-order valence-electron chi connectivity index (χ2n) is 8.85. The number of anilines is 1. The van der Waals surface area contributed by atoms with Crippen LogP contribution in [0.3, 0.4) is 0 Å². The molecule has 0 aliphatic heterocycles. The molecule has 0 saturated carbocycles. The predicted molar refractivity (Wildman–Crippen MR) is 132 cm³/mol. The Morgan fingerprint density at radius 2 is 1.67 bits per heavy atom. The minimum Gasteiger partial charge on any atom is -1.00 e. The maximum absolute atomic E-state index is 12.7. The summed E-state index contributed by atoms with van der Waals surface area (Å²) in [6, 6.07) is 14.3. The number of likely N-dealkylation sites (N-methyl/N-ethyl adjacent to an activating group) is 2. The lowest BCUT2D eigenvalue weighted by atomic mass is 10.1. The highest BCUT2D eigenvalue weighted by Crippen LogP contribution is 2.33. The van der Waals surface area contributed by atoms with Crippen molar-refractivity contribution in [1.29, 1.82) is 0 Å². The molecule has 4 rings (SSSR count). The van der Waals surface area contributed by atoms with Crippen LogP contribution in [0.15, 0.2) is 42.5 Å². The Morgan fingerprint density at radius 3 is 2.39 bits per heavy atom. The van der Waals surface area contributed by atoms with E-state index in [-0.39, 0.29) is 29.9 Å². The number of fused-ring (bicyclic) bond motifs is 4. The van der Waals surface area contributed by atoms with Crippen LogP contribution in [0.2, 0.25) is 0 Å². The highest BCUT2D eigenvalue weighted by molar-refractivity contribution is 6.14. The summed E-state index contributed by atoms with van der Waals surface area (Å²) >= 11 is 0. The number of pyridine rings is 1. The normalized spacial score (nSPS) is 11.5. The number of carbonyl (C=O) groups is 1. The number of nitrogens with zero attached hydrogens (tertiary/aromatic N) is 3. The number of nitrogens with one attached hydrogen (secondary N) is 3. The molecule has 0 aliphatic rings. The molecule has 176 valence electrons. The largest absolute Gasteiger partial charge is 1.00 e. The molecule has 0 atom stereocenters. The molecule has 0 fully saturated rings. The van der Waals surface area contributed by atoms with E-state index in [2.05, 4.69) is 75.4 Å². The maximum Gasteiger partial charge on any atom is 0.251 e. The van der Waals surface area contributed by atoms with Gasteiger partial charge in [0.25, 0.3) is 5.91 Å². The molecule has 0 spiro atoms. The molecule has 0 bridgehead atoms. The molecule has 0 radical (unpaired) electrons. The highest BCUT2D eigenvalue weighted by atomic mass is 127. The van der Waals surface area contributed by atoms with E-state index in [0.29, 0.717) is 12.1 Å². The molecule has 2 aromatic heterocycles. The van der Waals surface area contributed by atoms with Crippen molar-refractivity contribution >= 4 is 44.4 Å². The molecule has 0 unspecified atom stereocenters. The molecule has 0 saturated heterocycles. The molecule has 2 aromatic carbocycles. The number of aryl methyl sites for hydroxylation is 1. The number of aromatic amines is 1. The third kappa shape index (κ3) is 5.23. The Hall–Kier alpha value is -2.43. The van der Waals surface area contributed by atoms with Crippen LogP contribution >= 0.6 is 0 Å². The van der Waals surface area contributed by atoms with Gasteiger partial charge < -0.3 is 49.4 Å². The van der Waals surface area contributed by atoms with Crippen LogP contribution in [0, 0.1) is 0 Å². The van der Waals surface area contributed by atoms with E-state index in [1.165, 1.54) is 5.39 Å². The zero-order chi connectivity index (χ0) is 22.8. The van der Waals surface area contributed by atoms with Gasteiger partial charge in [0.15, 0.2) is 0 Å². The molecular weight excluding hydrogens is 527 g/mol. The Bertz CT molecular complexity index is 1280. The fourth-order valence-corrected chi connectivity index (χ4v) is 4.16. The molecule has 4 aromatic rings. The summed E-state index contributed by atoms with van der Waals surface area (Å²) in [4.78, 5) is 20.6. The van der Waals surface area contributed by atoms with Crippen LogP contribution in [0.5, 0.6) is 0 Å². The van der Waals surface area contributed by atoms with Crippen molar-refractivity contribution in [1.82, 2.24) is 20.1 Å². The number of benzene rings is 2. The van der Waals surface area contributed by atoms with E-state index in [1.54, 1.807) is 0 Å². The molecule has 1 amide bonds. The summed E-state index contributed by atoms with van der Waals surface area (Å²) in [5.74, 6) is -0.0455. The third-order valence-corrected chi connectivity index (χ3v) is 5.86. The van der Waals surface area contributed by atoms with Gasteiger partial charge in [-0.3, -0.25) is 4.79 Å². The van der Waals surface area contributed by atoms with Gasteiger partial charge in [-0.1, -0.05) is 12.1 Å².